The third-order valence-corrected chi connectivity index (χ3v) is 4.92. The zero-order chi connectivity index (χ0) is 17.2. The van der Waals surface area contributed by atoms with Gasteiger partial charge in [0.05, 0.1) is 10.6 Å². The van der Waals surface area contributed by atoms with Crippen LogP contribution < -0.4 is 10.2 Å². The van der Waals surface area contributed by atoms with Crippen molar-refractivity contribution < 1.29 is 13.6 Å². The first-order valence-electron chi connectivity index (χ1n) is 8.07. The van der Waals surface area contributed by atoms with E-state index in [1.807, 2.05) is 12.1 Å². The number of nitrogens with one attached hydrogen (secondary N) is 1. The van der Waals surface area contributed by atoms with Gasteiger partial charge in [0, 0.05) is 25.2 Å². The first kappa shape index (κ1) is 16.0. The van der Waals surface area contributed by atoms with Crippen LogP contribution in [0.3, 0.4) is 0 Å². The van der Waals surface area contributed by atoms with Crippen LogP contribution in [-0.2, 0) is 4.79 Å². The van der Waals surface area contributed by atoms with E-state index >= 15 is 0 Å². The standard InChI is InChI=1S/C18H16FN3O2S/c19-12-3-5-13(6-4-12)20-18-21-17(23)15(25-18)11-14-7-8-16(24-14)22-9-1-2-10-22/h3-8,11H,1-2,9-10H2,(H,20,21,23). The Kier molecular flexibility index (Phi) is 4.31. The van der Waals surface area contributed by atoms with Crippen molar-refractivity contribution in [3.05, 3.63) is 52.9 Å². The molecule has 128 valence electrons. The van der Waals surface area contributed by atoms with Crippen molar-refractivity contribution in [3.8, 4) is 0 Å². The minimum absolute atomic E-state index is 0.218. The number of aliphatic imine (C=N–C) groups is 1. The Morgan fingerprint density at radius 1 is 1.16 bits per heavy atom. The summed E-state index contributed by atoms with van der Waals surface area (Å²) in [5.41, 5.74) is 0.583. The molecule has 2 aromatic rings. The summed E-state index contributed by atoms with van der Waals surface area (Å²) in [5.74, 6) is 0.944. The Bertz CT molecular complexity index is 851. The van der Waals surface area contributed by atoms with Crippen LogP contribution in [0.1, 0.15) is 18.6 Å². The SMILES string of the molecule is O=C1NC(=Nc2ccc(F)cc2)SC1=Cc1ccc(N2CCCC2)o1. The Balaban J connectivity index is 1.50. The van der Waals surface area contributed by atoms with Crippen LogP contribution in [0.5, 0.6) is 0 Å². The molecule has 2 aliphatic rings. The van der Waals surface area contributed by atoms with Gasteiger partial charge < -0.3 is 14.6 Å². The average Bonchev–Trinajstić information content (AvgIpc) is 3.32. The van der Waals surface area contributed by atoms with Crippen LogP contribution in [-0.4, -0.2) is 24.2 Å². The Labute approximate surface area is 148 Å². The number of benzene rings is 1. The fraction of sp³-hybridized carbons (Fsp3) is 0.222. The fourth-order valence-electron chi connectivity index (χ4n) is 2.77. The van der Waals surface area contributed by atoms with E-state index in [9.17, 15) is 9.18 Å². The predicted octanol–water partition coefficient (Wildman–Crippen LogP) is 3.91. The number of carbonyl (C=O) groups is 1. The number of hydrogen-bond acceptors (Lipinski definition) is 5. The van der Waals surface area contributed by atoms with E-state index in [-0.39, 0.29) is 11.7 Å². The van der Waals surface area contributed by atoms with Gasteiger partial charge in [0.25, 0.3) is 5.91 Å². The maximum Gasteiger partial charge on any atom is 0.264 e. The quantitative estimate of drug-likeness (QED) is 0.846. The highest BCUT2D eigenvalue weighted by Crippen LogP contribution is 2.30. The van der Waals surface area contributed by atoms with Gasteiger partial charge in [-0.1, -0.05) is 0 Å². The van der Waals surface area contributed by atoms with Crippen LogP contribution in [0.15, 0.2) is 50.7 Å². The van der Waals surface area contributed by atoms with Crippen molar-refractivity contribution in [2.75, 3.05) is 18.0 Å². The second-order valence-electron chi connectivity index (χ2n) is 5.83. The molecule has 0 unspecified atom stereocenters. The molecule has 0 spiro atoms. The maximum atomic E-state index is 12.9. The monoisotopic (exact) mass is 357 g/mol. The normalized spacial score (nSPS) is 20.7. The summed E-state index contributed by atoms with van der Waals surface area (Å²) in [6.07, 6.45) is 4.07. The van der Waals surface area contributed by atoms with E-state index in [1.165, 1.54) is 36.7 Å². The number of halogens is 1. The van der Waals surface area contributed by atoms with E-state index in [0.29, 0.717) is 21.5 Å². The van der Waals surface area contributed by atoms with E-state index in [2.05, 4.69) is 15.2 Å². The molecule has 1 aromatic carbocycles. The topological polar surface area (TPSA) is 57.8 Å². The number of furan rings is 1. The van der Waals surface area contributed by atoms with Crippen LogP contribution >= 0.6 is 11.8 Å². The molecule has 2 saturated heterocycles. The van der Waals surface area contributed by atoms with Crippen molar-refractivity contribution in [2.24, 2.45) is 4.99 Å². The summed E-state index contributed by atoms with van der Waals surface area (Å²) in [6, 6.07) is 9.59. The number of hydrogen-bond donors (Lipinski definition) is 1. The molecule has 0 saturated carbocycles. The van der Waals surface area contributed by atoms with Gasteiger partial charge in [-0.15, -0.1) is 0 Å². The number of nitrogens with zero attached hydrogens (tertiary/aromatic N) is 2. The molecule has 0 aliphatic carbocycles. The van der Waals surface area contributed by atoms with Gasteiger partial charge in [0.1, 0.15) is 11.6 Å². The second kappa shape index (κ2) is 6.76. The molecule has 7 heteroatoms. The van der Waals surface area contributed by atoms with Crippen LogP contribution in [0.4, 0.5) is 16.0 Å². The van der Waals surface area contributed by atoms with Crippen LogP contribution in [0.2, 0.25) is 0 Å². The first-order chi connectivity index (χ1) is 12.2. The van der Waals surface area contributed by atoms with Gasteiger partial charge in [-0.3, -0.25) is 4.79 Å². The highest BCUT2D eigenvalue weighted by Gasteiger charge is 2.24. The second-order valence-corrected chi connectivity index (χ2v) is 6.86. The zero-order valence-corrected chi connectivity index (χ0v) is 14.2. The average molecular weight is 357 g/mol. The van der Waals surface area contributed by atoms with Gasteiger partial charge in [0.2, 0.25) is 0 Å². The number of amidine groups is 1. The first-order valence-corrected chi connectivity index (χ1v) is 8.89. The molecule has 25 heavy (non-hydrogen) atoms. The van der Waals surface area contributed by atoms with E-state index in [0.717, 1.165) is 19.0 Å². The van der Waals surface area contributed by atoms with Crippen molar-refractivity contribution in [1.82, 2.24) is 5.32 Å². The lowest BCUT2D eigenvalue weighted by molar-refractivity contribution is -0.115. The molecular formula is C18H16FN3O2S. The van der Waals surface area contributed by atoms with Crippen molar-refractivity contribution >= 4 is 40.5 Å². The molecule has 0 atom stereocenters. The summed E-state index contributed by atoms with van der Waals surface area (Å²) < 4.78 is 18.8. The third-order valence-electron chi connectivity index (χ3n) is 4.01. The molecular weight excluding hydrogens is 341 g/mol. The van der Waals surface area contributed by atoms with E-state index in [4.69, 9.17) is 4.42 Å². The predicted molar refractivity (Wildman–Crippen MR) is 97.4 cm³/mol. The molecule has 2 fully saturated rings. The molecule has 0 radical (unpaired) electrons. The Morgan fingerprint density at radius 2 is 1.92 bits per heavy atom. The fourth-order valence-corrected chi connectivity index (χ4v) is 3.59. The molecule has 1 amide bonds. The minimum atomic E-state index is -0.320. The minimum Gasteiger partial charge on any atom is -0.441 e. The summed E-state index contributed by atoms with van der Waals surface area (Å²) in [6.45, 7) is 2.01. The largest absolute Gasteiger partial charge is 0.441 e. The van der Waals surface area contributed by atoms with Gasteiger partial charge in [-0.05, 0) is 54.9 Å². The summed E-state index contributed by atoms with van der Waals surface area (Å²) in [4.78, 5) is 19.1. The number of amides is 1. The molecule has 4 rings (SSSR count). The van der Waals surface area contributed by atoms with Crippen molar-refractivity contribution in [1.29, 1.82) is 0 Å². The van der Waals surface area contributed by atoms with Gasteiger partial charge >= 0.3 is 0 Å². The molecule has 3 heterocycles. The van der Waals surface area contributed by atoms with Gasteiger partial charge in [-0.25, -0.2) is 9.38 Å². The van der Waals surface area contributed by atoms with E-state index in [1.54, 1.807) is 18.2 Å². The molecule has 2 aliphatic heterocycles. The lowest BCUT2D eigenvalue weighted by Gasteiger charge is -2.12. The lowest BCUT2D eigenvalue weighted by Crippen LogP contribution is -2.19. The van der Waals surface area contributed by atoms with Gasteiger partial charge in [-0.2, -0.15) is 0 Å². The Hall–Kier alpha value is -2.54. The highest BCUT2D eigenvalue weighted by molar-refractivity contribution is 8.18. The zero-order valence-electron chi connectivity index (χ0n) is 13.4. The lowest BCUT2D eigenvalue weighted by atomic mass is 10.3. The molecule has 1 N–H and O–H groups in total. The summed E-state index contributed by atoms with van der Waals surface area (Å²) in [7, 11) is 0. The van der Waals surface area contributed by atoms with Crippen LogP contribution in [0, 0.1) is 5.82 Å². The van der Waals surface area contributed by atoms with Crippen molar-refractivity contribution in [2.45, 2.75) is 12.8 Å². The van der Waals surface area contributed by atoms with Gasteiger partial charge in [0.15, 0.2) is 11.1 Å². The number of rotatable bonds is 3. The molecule has 1 aromatic heterocycles. The van der Waals surface area contributed by atoms with E-state index < -0.39 is 0 Å². The van der Waals surface area contributed by atoms with Crippen LogP contribution in [0.25, 0.3) is 6.08 Å². The summed E-state index contributed by atoms with van der Waals surface area (Å²) in [5, 5.41) is 3.18. The molecule has 5 nitrogen and oxygen atoms in total. The number of thioether (sulfide) groups is 1. The number of carbonyl (C=O) groups excluding carboxylic acids is 1. The summed E-state index contributed by atoms with van der Waals surface area (Å²) >= 11 is 1.24. The third kappa shape index (κ3) is 3.61. The molecule has 0 bridgehead atoms. The Morgan fingerprint density at radius 3 is 2.68 bits per heavy atom. The highest BCUT2D eigenvalue weighted by atomic mass is 32.2. The number of anilines is 1. The van der Waals surface area contributed by atoms with Crippen molar-refractivity contribution in [3.63, 3.8) is 0 Å². The smallest absolute Gasteiger partial charge is 0.264 e. The maximum absolute atomic E-state index is 12.9.